The molecule has 0 saturated heterocycles. The smallest absolute Gasteiger partial charge is 0.230 e. The van der Waals surface area contributed by atoms with Crippen molar-refractivity contribution < 1.29 is 9.47 Å². The van der Waals surface area contributed by atoms with Crippen LogP contribution >= 0.6 is 67.6 Å². The summed E-state index contributed by atoms with van der Waals surface area (Å²) < 4.78 is 11.1. The maximum Gasteiger partial charge on any atom is 0.230 e. The van der Waals surface area contributed by atoms with Gasteiger partial charge in [0.2, 0.25) is 8.77 Å². The quantitative estimate of drug-likeness (QED) is 0.241. The molecule has 0 aromatic heterocycles. The molecular weight excluding hydrogens is 369 g/mol. The monoisotopic (exact) mass is 390 g/mol. The van der Waals surface area contributed by atoms with Gasteiger partial charge in [-0.3, -0.25) is 0 Å². The fraction of sp³-hybridized carbons (Fsp3) is 0.833. The SMILES string of the molecule is COC(=S)SSCCCCCCCCSSC(=S)OC. The van der Waals surface area contributed by atoms with Crippen LogP contribution in [-0.2, 0) is 9.47 Å². The molecule has 0 rings (SSSR count). The van der Waals surface area contributed by atoms with Gasteiger partial charge in [0, 0.05) is 11.5 Å². The van der Waals surface area contributed by atoms with Gasteiger partial charge in [-0.25, -0.2) is 0 Å². The van der Waals surface area contributed by atoms with Crippen molar-refractivity contribution in [1.29, 1.82) is 0 Å². The van der Waals surface area contributed by atoms with Gasteiger partial charge in [-0.2, -0.15) is 0 Å². The van der Waals surface area contributed by atoms with Crippen molar-refractivity contribution in [2.45, 2.75) is 38.5 Å². The Bertz CT molecular complexity index is 236. The van der Waals surface area contributed by atoms with E-state index in [2.05, 4.69) is 0 Å². The Morgan fingerprint density at radius 2 is 1.05 bits per heavy atom. The van der Waals surface area contributed by atoms with Gasteiger partial charge in [-0.15, -0.1) is 0 Å². The first kappa shape index (κ1) is 21.2. The fourth-order valence-electron chi connectivity index (χ4n) is 1.28. The molecule has 0 unspecified atom stereocenters. The summed E-state index contributed by atoms with van der Waals surface area (Å²) in [4.78, 5) is 0. The molecule has 0 heterocycles. The highest BCUT2D eigenvalue weighted by Gasteiger charge is 1.98. The molecule has 0 spiro atoms. The van der Waals surface area contributed by atoms with E-state index in [4.69, 9.17) is 33.9 Å². The van der Waals surface area contributed by atoms with Crippen LogP contribution < -0.4 is 0 Å². The van der Waals surface area contributed by atoms with Crippen LogP contribution in [-0.4, -0.2) is 34.5 Å². The molecular formula is C12H22O2S6. The van der Waals surface area contributed by atoms with Gasteiger partial charge in [-0.05, 0) is 58.9 Å². The van der Waals surface area contributed by atoms with Crippen molar-refractivity contribution >= 4 is 76.4 Å². The topological polar surface area (TPSA) is 18.5 Å². The zero-order chi connectivity index (χ0) is 15.1. The van der Waals surface area contributed by atoms with Crippen LogP contribution in [0.5, 0.6) is 0 Å². The van der Waals surface area contributed by atoms with Crippen LogP contribution in [0.2, 0.25) is 0 Å². The molecule has 0 aromatic rings. The zero-order valence-electron chi connectivity index (χ0n) is 11.9. The van der Waals surface area contributed by atoms with E-state index in [9.17, 15) is 0 Å². The lowest BCUT2D eigenvalue weighted by molar-refractivity contribution is 0.426. The van der Waals surface area contributed by atoms with Gasteiger partial charge in [0.1, 0.15) is 0 Å². The average Bonchev–Trinajstić information content (AvgIpc) is 2.47. The van der Waals surface area contributed by atoms with Gasteiger partial charge in [-0.1, -0.05) is 47.3 Å². The maximum absolute atomic E-state index is 4.95. The molecule has 0 bridgehead atoms. The van der Waals surface area contributed by atoms with Crippen LogP contribution in [0.25, 0.3) is 0 Å². The molecule has 20 heavy (non-hydrogen) atoms. The number of unbranched alkanes of at least 4 members (excludes halogenated alkanes) is 5. The number of ether oxygens (including phenoxy) is 2. The standard InChI is InChI=1S/C12H22O2S6/c1-13-11(15)19-17-9-7-5-3-4-6-8-10-18-20-12(16)14-2/h3-10H2,1-2H3. The molecule has 0 aliphatic heterocycles. The number of rotatable bonds is 11. The Morgan fingerprint density at radius 3 is 1.40 bits per heavy atom. The number of thiocarbonyl (C=S) groups is 2. The second-order valence-electron chi connectivity index (χ2n) is 3.84. The van der Waals surface area contributed by atoms with E-state index in [1.165, 1.54) is 38.5 Å². The van der Waals surface area contributed by atoms with E-state index in [1.807, 2.05) is 0 Å². The summed E-state index contributed by atoms with van der Waals surface area (Å²) >= 11 is 9.90. The van der Waals surface area contributed by atoms with Gasteiger partial charge >= 0.3 is 0 Å². The second kappa shape index (κ2) is 16.5. The second-order valence-corrected chi connectivity index (χ2v) is 9.88. The lowest BCUT2D eigenvalue weighted by Crippen LogP contribution is -1.88. The molecule has 118 valence electrons. The summed E-state index contributed by atoms with van der Waals surface area (Å²) in [5, 5.41) is 0. The Kier molecular flexibility index (Phi) is 17.5. The van der Waals surface area contributed by atoms with E-state index in [0.717, 1.165) is 11.5 Å². The molecule has 0 aliphatic carbocycles. The summed E-state index contributed by atoms with van der Waals surface area (Å²) in [6.07, 6.45) is 7.79. The Hall–Kier alpha value is 1.18. The van der Waals surface area contributed by atoms with Crippen molar-refractivity contribution in [3.63, 3.8) is 0 Å². The summed E-state index contributed by atoms with van der Waals surface area (Å²) in [5.41, 5.74) is 0. The molecule has 2 nitrogen and oxygen atoms in total. The average molecular weight is 391 g/mol. The minimum atomic E-state index is 0.623. The molecule has 0 radical (unpaired) electrons. The van der Waals surface area contributed by atoms with Crippen LogP contribution in [0.4, 0.5) is 0 Å². The lowest BCUT2D eigenvalue weighted by Gasteiger charge is -2.03. The van der Waals surface area contributed by atoms with Crippen LogP contribution in [0.1, 0.15) is 38.5 Å². The van der Waals surface area contributed by atoms with E-state index in [0.29, 0.717) is 8.77 Å². The highest BCUT2D eigenvalue weighted by Crippen LogP contribution is 2.26. The first-order valence-electron chi connectivity index (χ1n) is 6.45. The third kappa shape index (κ3) is 15.6. The Labute approximate surface area is 149 Å². The van der Waals surface area contributed by atoms with Crippen molar-refractivity contribution in [3.8, 4) is 0 Å². The Morgan fingerprint density at radius 1 is 0.700 bits per heavy atom. The van der Waals surface area contributed by atoms with E-state index in [-0.39, 0.29) is 0 Å². The molecule has 0 aromatic carbocycles. The van der Waals surface area contributed by atoms with Gasteiger partial charge < -0.3 is 9.47 Å². The van der Waals surface area contributed by atoms with Crippen LogP contribution in [0.3, 0.4) is 0 Å². The van der Waals surface area contributed by atoms with Gasteiger partial charge in [0.05, 0.1) is 14.2 Å². The number of hydrogen-bond acceptors (Lipinski definition) is 8. The number of methoxy groups -OCH3 is 2. The minimum Gasteiger partial charge on any atom is -0.481 e. The molecule has 8 heteroatoms. The first-order valence-corrected chi connectivity index (χ1v) is 11.9. The molecule has 0 saturated carbocycles. The van der Waals surface area contributed by atoms with Gasteiger partial charge in [0.25, 0.3) is 0 Å². The van der Waals surface area contributed by atoms with Gasteiger partial charge in [0.15, 0.2) is 0 Å². The largest absolute Gasteiger partial charge is 0.481 e. The highest BCUT2D eigenvalue weighted by molar-refractivity contribution is 8.83. The van der Waals surface area contributed by atoms with Crippen molar-refractivity contribution in [1.82, 2.24) is 0 Å². The third-order valence-electron chi connectivity index (χ3n) is 2.29. The molecule has 0 fully saturated rings. The van der Waals surface area contributed by atoms with Crippen molar-refractivity contribution in [2.75, 3.05) is 25.7 Å². The fourth-order valence-corrected chi connectivity index (χ4v) is 5.47. The molecule has 0 atom stereocenters. The summed E-state index contributed by atoms with van der Waals surface area (Å²) in [6, 6.07) is 0. The molecule has 0 amide bonds. The summed E-state index contributed by atoms with van der Waals surface area (Å²) in [7, 11) is 9.93. The molecule has 0 N–H and O–H groups in total. The predicted octanol–water partition coefficient (Wildman–Crippen LogP) is 5.95. The van der Waals surface area contributed by atoms with Crippen molar-refractivity contribution in [2.24, 2.45) is 0 Å². The normalized spacial score (nSPS) is 10.3. The minimum absolute atomic E-state index is 0.623. The maximum atomic E-state index is 4.95. The molecule has 0 aliphatic rings. The van der Waals surface area contributed by atoms with Crippen LogP contribution in [0.15, 0.2) is 0 Å². The zero-order valence-corrected chi connectivity index (χ0v) is 16.8. The third-order valence-corrected chi connectivity index (χ3v) is 8.13. The Balaban J connectivity index is 3.06. The number of hydrogen-bond donors (Lipinski definition) is 0. The summed E-state index contributed by atoms with van der Waals surface area (Å²) in [5.74, 6) is 2.30. The highest BCUT2D eigenvalue weighted by atomic mass is 33.1. The lowest BCUT2D eigenvalue weighted by atomic mass is 10.1. The van der Waals surface area contributed by atoms with Crippen LogP contribution in [0, 0.1) is 0 Å². The van der Waals surface area contributed by atoms with E-state index >= 15 is 0 Å². The summed E-state index contributed by atoms with van der Waals surface area (Å²) in [6.45, 7) is 0. The van der Waals surface area contributed by atoms with E-state index in [1.54, 1.807) is 57.4 Å². The van der Waals surface area contributed by atoms with E-state index < -0.39 is 0 Å². The predicted molar refractivity (Wildman–Crippen MR) is 107 cm³/mol. The first-order chi connectivity index (χ1) is 9.70. The van der Waals surface area contributed by atoms with Crippen molar-refractivity contribution in [3.05, 3.63) is 0 Å².